The zero-order valence-electron chi connectivity index (χ0n) is 18.1. The van der Waals surface area contributed by atoms with Crippen LogP contribution in [-0.4, -0.2) is 31.7 Å². The molecule has 0 aliphatic heterocycles. The third-order valence-electron chi connectivity index (χ3n) is 5.70. The number of allylic oxidation sites excluding steroid dienone is 1. The molecule has 1 fully saturated rings. The van der Waals surface area contributed by atoms with E-state index in [1.807, 2.05) is 24.3 Å². The molecule has 0 spiro atoms. The van der Waals surface area contributed by atoms with E-state index in [1.54, 1.807) is 30.5 Å². The Kier molecular flexibility index (Phi) is 6.79. The van der Waals surface area contributed by atoms with Gasteiger partial charge in [-0.2, -0.15) is 10.2 Å². The highest BCUT2D eigenvalue weighted by Gasteiger charge is 2.28. The smallest absolute Gasteiger partial charge is 0.342 e. The number of nitriles is 1. The number of nitrogens with zero attached hydrogens (tertiary/aromatic N) is 3. The van der Waals surface area contributed by atoms with Crippen LogP contribution in [0.2, 0.25) is 0 Å². The second-order valence-electron chi connectivity index (χ2n) is 7.98. The van der Waals surface area contributed by atoms with Crippen molar-refractivity contribution >= 4 is 17.2 Å². The largest absolute Gasteiger partial charge is 0.492 e. The molecule has 170 valence electrons. The van der Waals surface area contributed by atoms with Gasteiger partial charge in [0, 0.05) is 6.20 Å². The van der Waals surface area contributed by atoms with E-state index >= 15 is 0 Å². The van der Waals surface area contributed by atoms with Crippen molar-refractivity contribution in [3.63, 3.8) is 0 Å². The summed E-state index contributed by atoms with van der Waals surface area (Å²) in [7, 11) is 0. The molecule has 1 aromatic carbocycles. The molecule has 2 N–H and O–H groups in total. The summed E-state index contributed by atoms with van der Waals surface area (Å²) in [4.78, 5) is 16.3. The molecule has 4 rings (SSSR count). The molecule has 1 aliphatic carbocycles. The van der Waals surface area contributed by atoms with Crippen molar-refractivity contribution in [1.29, 1.82) is 5.26 Å². The molecule has 1 aliphatic rings. The number of aliphatic carboxylic acids is 1. The Morgan fingerprint density at radius 2 is 1.85 bits per heavy atom. The highest BCUT2D eigenvalue weighted by Crippen LogP contribution is 2.34. The van der Waals surface area contributed by atoms with Gasteiger partial charge in [0.15, 0.2) is 11.4 Å². The third kappa shape index (κ3) is 4.93. The molecule has 2 heterocycles. The van der Waals surface area contributed by atoms with Gasteiger partial charge in [0.05, 0.1) is 6.10 Å². The van der Waals surface area contributed by atoms with Crippen LogP contribution in [0.3, 0.4) is 0 Å². The number of aromatic nitrogens is 2. The van der Waals surface area contributed by atoms with E-state index in [9.17, 15) is 20.3 Å². The second kappa shape index (κ2) is 10.1. The van der Waals surface area contributed by atoms with Crippen molar-refractivity contribution in [2.24, 2.45) is 0 Å². The predicted molar refractivity (Wildman–Crippen MR) is 120 cm³/mol. The van der Waals surface area contributed by atoms with Gasteiger partial charge in [0.2, 0.25) is 11.6 Å². The minimum Gasteiger partial charge on any atom is -0.492 e. The first kappa shape index (κ1) is 22.2. The molecule has 0 bridgehead atoms. The van der Waals surface area contributed by atoms with Crippen molar-refractivity contribution in [3.8, 4) is 17.7 Å². The SMILES string of the molecule is N#CC(OCc1ccccc1)=C(C(=O)O)c1c(O)nc2c(OC3CCCCCC3)cccn12. The lowest BCUT2D eigenvalue weighted by molar-refractivity contribution is -0.130. The molecule has 0 saturated heterocycles. The summed E-state index contributed by atoms with van der Waals surface area (Å²) in [6, 6.07) is 14.3. The summed E-state index contributed by atoms with van der Waals surface area (Å²) >= 11 is 0. The van der Waals surface area contributed by atoms with Crippen LogP contribution in [-0.2, 0) is 16.1 Å². The van der Waals surface area contributed by atoms with Crippen LogP contribution in [0.4, 0.5) is 0 Å². The van der Waals surface area contributed by atoms with Crippen LogP contribution in [0.5, 0.6) is 11.6 Å². The van der Waals surface area contributed by atoms with Crippen molar-refractivity contribution in [2.75, 3.05) is 0 Å². The molecule has 8 heteroatoms. The van der Waals surface area contributed by atoms with Crippen molar-refractivity contribution in [1.82, 2.24) is 9.38 Å². The molecular formula is C25H25N3O5. The first-order valence-corrected chi connectivity index (χ1v) is 11.0. The highest BCUT2D eigenvalue weighted by molar-refractivity contribution is 6.17. The monoisotopic (exact) mass is 447 g/mol. The lowest BCUT2D eigenvalue weighted by Gasteiger charge is -2.17. The van der Waals surface area contributed by atoms with Crippen molar-refractivity contribution in [3.05, 3.63) is 65.7 Å². The number of benzene rings is 1. The van der Waals surface area contributed by atoms with E-state index < -0.39 is 23.2 Å². The van der Waals surface area contributed by atoms with E-state index in [0.717, 1.165) is 31.2 Å². The van der Waals surface area contributed by atoms with Gasteiger partial charge in [-0.25, -0.2) is 4.79 Å². The number of aromatic hydroxyl groups is 1. The lowest BCUT2D eigenvalue weighted by atomic mass is 10.1. The number of ether oxygens (including phenoxy) is 2. The fourth-order valence-electron chi connectivity index (χ4n) is 4.09. The molecule has 1 saturated carbocycles. The predicted octanol–water partition coefficient (Wildman–Crippen LogP) is 4.68. The Hall–Kier alpha value is -3.99. The summed E-state index contributed by atoms with van der Waals surface area (Å²) in [6.07, 6.45) is 8.05. The van der Waals surface area contributed by atoms with E-state index in [2.05, 4.69) is 4.98 Å². The van der Waals surface area contributed by atoms with Gasteiger partial charge in [-0.15, -0.1) is 0 Å². The summed E-state index contributed by atoms with van der Waals surface area (Å²) in [5, 5.41) is 30.2. The van der Waals surface area contributed by atoms with E-state index in [4.69, 9.17) is 9.47 Å². The van der Waals surface area contributed by atoms with E-state index in [0.29, 0.717) is 5.75 Å². The molecule has 0 unspecified atom stereocenters. The molecule has 33 heavy (non-hydrogen) atoms. The van der Waals surface area contributed by atoms with Crippen LogP contribution in [0.1, 0.15) is 49.8 Å². The molecule has 0 amide bonds. The first-order valence-electron chi connectivity index (χ1n) is 11.0. The van der Waals surface area contributed by atoms with Gasteiger partial charge in [-0.3, -0.25) is 4.40 Å². The second-order valence-corrected chi connectivity index (χ2v) is 7.98. The molecule has 8 nitrogen and oxygen atoms in total. The minimum absolute atomic E-state index is 0.00799. The average molecular weight is 447 g/mol. The summed E-state index contributed by atoms with van der Waals surface area (Å²) < 4.78 is 13.2. The number of fused-ring (bicyclic) bond motifs is 1. The maximum absolute atomic E-state index is 12.2. The quantitative estimate of drug-likeness (QED) is 0.234. The van der Waals surface area contributed by atoms with Crippen molar-refractivity contribution in [2.45, 2.75) is 51.2 Å². The number of pyridine rings is 1. The number of carboxylic acids is 1. The van der Waals surface area contributed by atoms with Gasteiger partial charge in [-0.05, 0) is 43.4 Å². The highest BCUT2D eigenvalue weighted by atomic mass is 16.5. The molecule has 3 aromatic rings. The van der Waals surface area contributed by atoms with Crippen LogP contribution < -0.4 is 4.74 Å². The van der Waals surface area contributed by atoms with Gasteiger partial charge in [0.1, 0.15) is 23.9 Å². The maximum atomic E-state index is 12.2. The Labute approximate surface area is 191 Å². The number of carbonyl (C=O) groups is 1. The molecule has 0 atom stereocenters. The van der Waals surface area contributed by atoms with Crippen molar-refractivity contribution < 1.29 is 24.5 Å². The standard InChI is InChI=1S/C25H25N3O5/c26-15-20(32-16-17-9-4-3-5-10-17)21(25(30)31)22-24(29)27-23-19(13-8-14-28(22)23)33-18-11-6-1-2-7-12-18/h3-5,8-10,13-14,18,29H,1-2,6-7,11-12,16H2,(H,30,31). The zero-order valence-corrected chi connectivity index (χ0v) is 18.1. The summed E-state index contributed by atoms with van der Waals surface area (Å²) in [6.45, 7) is 0.00799. The Morgan fingerprint density at radius 3 is 2.52 bits per heavy atom. The number of imidazole rings is 1. The fraction of sp³-hybridized carbons (Fsp3) is 0.320. The van der Waals surface area contributed by atoms with Gasteiger partial charge in [0.25, 0.3) is 0 Å². The molecular weight excluding hydrogens is 422 g/mol. The lowest BCUT2D eigenvalue weighted by Crippen LogP contribution is -2.15. The topological polar surface area (TPSA) is 117 Å². The van der Waals surface area contributed by atoms with Crippen LogP contribution in [0, 0.1) is 11.3 Å². The van der Waals surface area contributed by atoms with Crippen LogP contribution in [0.15, 0.2) is 54.4 Å². The minimum atomic E-state index is -1.41. The van der Waals surface area contributed by atoms with Crippen LogP contribution in [0.25, 0.3) is 11.2 Å². The van der Waals surface area contributed by atoms with E-state index in [-0.39, 0.29) is 24.1 Å². The Balaban J connectivity index is 1.72. The third-order valence-corrected chi connectivity index (χ3v) is 5.70. The molecule has 0 radical (unpaired) electrons. The normalized spacial score (nSPS) is 15.4. The number of hydrogen-bond donors (Lipinski definition) is 2. The number of rotatable bonds is 7. The van der Waals surface area contributed by atoms with Gasteiger partial charge >= 0.3 is 5.97 Å². The Morgan fingerprint density at radius 1 is 1.12 bits per heavy atom. The molecule has 2 aromatic heterocycles. The number of carboxylic acid groups (broad SMARTS) is 1. The summed E-state index contributed by atoms with van der Waals surface area (Å²) in [5.41, 5.74) is 0.461. The fourth-order valence-corrected chi connectivity index (χ4v) is 4.09. The number of hydrogen-bond acceptors (Lipinski definition) is 6. The summed E-state index contributed by atoms with van der Waals surface area (Å²) in [5.74, 6) is -1.88. The van der Waals surface area contributed by atoms with E-state index in [1.165, 1.54) is 17.2 Å². The van der Waals surface area contributed by atoms with Gasteiger partial charge < -0.3 is 19.7 Å². The Bertz CT molecular complexity index is 1200. The zero-order chi connectivity index (χ0) is 23.2. The maximum Gasteiger partial charge on any atom is 0.342 e. The average Bonchev–Trinajstić information content (AvgIpc) is 2.97. The van der Waals surface area contributed by atoms with Crippen LogP contribution >= 0.6 is 0 Å². The first-order chi connectivity index (χ1) is 16.1. The van der Waals surface area contributed by atoms with Gasteiger partial charge in [-0.1, -0.05) is 43.2 Å².